The Hall–Kier alpha value is -1.46. The molecule has 0 amide bonds. The number of carboxylic acid groups (broad SMARTS) is 1. The molecule has 0 radical (unpaired) electrons. The fraction of sp³-hybridized carbons (Fsp3) is 0.741. The molecule has 5 nitrogen and oxygen atoms in total. The van der Waals surface area contributed by atoms with Gasteiger partial charge in [-0.3, -0.25) is 14.4 Å². The first-order valence-electron chi connectivity index (χ1n) is 12.4. The molecule has 2 N–H and O–H groups in total. The Bertz CT molecular complexity index is 939. The second-order valence-corrected chi connectivity index (χ2v) is 12.2. The number of carboxylic acids is 1. The maximum absolute atomic E-state index is 13.4. The summed E-state index contributed by atoms with van der Waals surface area (Å²) < 4.78 is 0. The van der Waals surface area contributed by atoms with E-state index >= 15 is 0 Å². The summed E-state index contributed by atoms with van der Waals surface area (Å²) in [6.07, 6.45) is 9.22. The van der Waals surface area contributed by atoms with E-state index in [1.54, 1.807) is 19.1 Å². The van der Waals surface area contributed by atoms with Gasteiger partial charge < -0.3 is 10.2 Å². The molecule has 3 saturated carbocycles. The predicted octanol–water partition coefficient (Wildman–Crippen LogP) is 5.09. The zero-order valence-corrected chi connectivity index (χ0v) is 21.0. The molecule has 4 aliphatic carbocycles. The topological polar surface area (TPSA) is 91.7 Å². The maximum atomic E-state index is 13.4. The number of aliphatic carboxylic acids is 1. The van der Waals surface area contributed by atoms with E-state index in [0.717, 1.165) is 24.8 Å². The van der Waals surface area contributed by atoms with Gasteiger partial charge in [0.2, 0.25) is 0 Å². The molecule has 0 aliphatic heterocycles. The molecule has 0 aromatic heterocycles. The van der Waals surface area contributed by atoms with Gasteiger partial charge in [-0.2, -0.15) is 0 Å². The first kappa shape index (κ1) is 24.7. The van der Waals surface area contributed by atoms with Gasteiger partial charge in [-0.15, -0.1) is 11.6 Å². The van der Waals surface area contributed by atoms with E-state index in [4.69, 9.17) is 16.7 Å². The average molecular weight is 477 g/mol. The van der Waals surface area contributed by atoms with Crippen molar-refractivity contribution >= 4 is 29.1 Å². The highest BCUT2D eigenvalue weighted by atomic mass is 35.5. The van der Waals surface area contributed by atoms with E-state index < -0.39 is 33.2 Å². The van der Waals surface area contributed by atoms with Gasteiger partial charge in [0.25, 0.3) is 0 Å². The maximum Gasteiger partial charge on any atom is 0.303 e. The molecule has 0 aromatic carbocycles. The molecule has 2 unspecified atom stereocenters. The molecule has 33 heavy (non-hydrogen) atoms. The summed E-state index contributed by atoms with van der Waals surface area (Å²) in [5.74, 6) is -0.349. The van der Waals surface area contributed by atoms with E-state index in [1.165, 1.54) is 0 Å². The van der Waals surface area contributed by atoms with Crippen LogP contribution in [0.1, 0.15) is 79.1 Å². The van der Waals surface area contributed by atoms with Crippen molar-refractivity contribution in [1.29, 1.82) is 0 Å². The Morgan fingerprint density at radius 1 is 1.21 bits per heavy atom. The van der Waals surface area contributed by atoms with Crippen molar-refractivity contribution in [2.24, 2.45) is 34.0 Å². The Kier molecular flexibility index (Phi) is 6.01. The SMILES string of the molecule is CC(=O)[C@@]1(CCCCC(=O)O)C(C)C[C@H]2[C@@H]3CCC4=CC(=O)C=C[C@]4(C)[C@@]3(Cl)C(O)C[C@@]21C. The third-order valence-corrected chi connectivity index (χ3v) is 11.3. The van der Waals surface area contributed by atoms with E-state index in [2.05, 4.69) is 20.8 Å². The number of carbonyl (C=O) groups excluding carboxylic acids is 2. The first-order valence-corrected chi connectivity index (χ1v) is 12.8. The third-order valence-electron chi connectivity index (χ3n) is 10.3. The van der Waals surface area contributed by atoms with Crippen LogP contribution >= 0.6 is 11.6 Å². The number of carbonyl (C=O) groups is 3. The molecule has 0 aromatic rings. The number of halogens is 1. The van der Waals surface area contributed by atoms with Crippen LogP contribution in [-0.4, -0.2) is 38.7 Å². The largest absolute Gasteiger partial charge is 0.481 e. The number of fused-ring (bicyclic) bond motifs is 5. The summed E-state index contributed by atoms with van der Waals surface area (Å²) >= 11 is 7.50. The zero-order valence-electron chi connectivity index (χ0n) is 20.2. The number of ketones is 2. The minimum Gasteiger partial charge on any atom is -0.481 e. The molecule has 0 bridgehead atoms. The first-order chi connectivity index (χ1) is 15.3. The highest BCUT2D eigenvalue weighted by molar-refractivity contribution is 6.26. The Balaban J connectivity index is 1.74. The molecular formula is C27H37ClO5. The third kappa shape index (κ3) is 3.17. The van der Waals surface area contributed by atoms with Crippen LogP contribution in [0.15, 0.2) is 23.8 Å². The van der Waals surface area contributed by atoms with Gasteiger partial charge in [-0.05, 0) is 80.8 Å². The molecule has 0 saturated heterocycles. The highest BCUT2D eigenvalue weighted by Crippen LogP contribution is 2.74. The second kappa shape index (κ2) is 8.05. The molecule has 0 spiro atoms. The number of rotatable bonds is 6. The number of unbranched alkanes of at least 4 members (excludes halogenated alkanes) is 1. The van der Waals surface area contributed by atoms with Crippen LogP contribution in [0.3, 0.4) is 0 Å². The number of allylic oxidation sites excluding steroid dienone is 4. The van der Waals surface area contributed by atoms with E-state index in [1.807, 2.05) is 6.08 Å². The summed E-state index contributed by atoms with van der Waals surface area (Å²) in [7, 11) is 0. The van der Waals surface area contributed by atoms with Crippen LogP contribution < -0.4 is 0 Å². The van der Waals surface area contributed by atoms with Crippen molar-refractivity contribution < 1.29 is 24.6 Å². The molecule has 182 valence electrons. The van der Waals surface area contributed by atoms with Gasteiger partial charge >= 0.3 is 5.97 Å². The Labute approximate surface area is 201 Å². The highest BCUT2D eigenvalue weighted by Gasteiger charge is 2.73. The minimum atomic E-state index is -0.922. The Morgan fingerprint density at radius 3 is 2.55 bits per heavy atom. The monoisotopic (exact) mass is 476 g/mol. The summed E-state index contributed by atoms with van der Waals surface area (Å²) in [6, 6.07) is 0. The van der Waals surface area contributed by atoms with Crippen LogP contribution in [0.2, 0.25) is 0 Å². The van der Waals surface area contributed by atoms with E-state index in [-0.39, 0.29) is 35.7 Å². The molecule has 8 atom stereocenters. The lowest BCUT2D eigenvalue weighted by Gasteiger charge is -2.64. The number of aliphatic hydroxyl groups excluding tert-OH is 1. The average Bonchev–Trinajstić information content (AvgIpc) is 2.94. The lowest BCUT2D eigenvalue weighted by molar-refractivity contribution is -0.154. The minimum absolute atomic E-state index is 0.0237. The van der Waals surface area contributed by atoms with Gasteiger partial charge in [0.05, 0.1) is 11.0 Å². The molecule has 4 rings (SSSR count). The van der Waals surface area contributed by atoms with Crippen LogP contribution in [-0.2, 0) is 14.4 Å². The number of Topliss-reactive ketones (excluding diaryl/α,β-unsaturated/α-hetero) is 1. The number of hydrogen-bond donors (Lipinski definition) is 2. The van der Waals surface area contributed by atoms with Crippen LogP contribution in [0.5, 0.6) is 0 Å². The molecule has 3 fully saturated rings. The van der Waals surface area contributed by atoms with Crippen LogP contribution in [0.4, 0.5) is 0 Å². The van der Waals surface area contributed by atoms with Crippen molar-refractivity contribution in [2.45, 2.75) is 90.0 Å². The summed E-state index contributed by atoms with van der Waals surface area (Å²) in [6.45, 7) is 8.05. The molecule has 6 heteroatoms. The molecular weight excluding hydrogens is 440 g/mol. The quantitative estimate of drug-likeness (QED) is 0.411. The summed E-state index contributed by atoms with van der Waals surface area (Å²) in [4.78, 5) is 35.5. The van der Waals surface area contributed by atoms with Gasteiger partial charge in [0, 0.05) is 17.3 Å². The fourth-order valence-electron chi connectivity index (χ4n) is 8.79. The zero-order chi connectivity index (χ0) is 24.4. The second-order valence-electron chi connectivity index (χ2n) is 11.5. The van der Waals surface area contributed by atoms with Crippen molar-refractivity contribution in [3.63, 3.8) is 0 Å². The summed E-state index contributed by atoms with van der Waals surface area (Å²) in [5.41, 5.74) is -0.597. The van der Waals surface area contributed by atoms with Crippen molar-refractivity contribution in [2.75, 3.05) is 0 Å². The van der Waals surface area contributed by atoms with Gasteiger partial charge in [-0.1, -0.05) is 38.8 Å². The normalized spacial score (nSPS) is 46.2. The molecule has 0 heterocycles. The standard InChI is InChI=1S/C27H37ClO5/c1-16-13-21-20-9-8-18-14-19(30)10-12-24(18,3)27(20,28)22(31)15-25(21,4)26(16,17(2)29)11-6-5-7-23(32)33/h10,12,14,16,20-22,31H,5-9,11,13,15H2,1-4H3,(H,32,33)/t16?,20-,21-,22?,24-,25-,26+,27-/m0/s1. The van der Waals surface area contributed by atoms with E-state index in [9.17, 15) is 19.5 Å². The summed E-state index contributed by atoms with van der Waals surface area (Å²) in [5, 5.41) is 20.8. The van der Waals surface area contributed by atoms with Gasteiger partial charge in [-0.25, -0.2) is 0 Å². The fourth-order valence-corrected chi connectivity index (χ4v) is 9.31. The van der Waals surface area contributed by atoms with Gasteiger partial charge in [0.1, 0.15) is 5.78 Å². The lowest BCUT2D eigenvalue weighted by atomic mass is 9.43. The van der Waals surface area contributed by atoms with E-state index in [0.29, 0.717) is 25.7 Å². The van der Waals surface area contributed by atoms with Crippen LogP contribution in [0, 0.1) is 34.0 Å². The number of hydrogen-bond acceptors (Lipinski definition) is 4. The lowest BCUT2D eigenvalue weighted by Crippen LogP contribution is -2.67. The number of alkyl halides is 1. The number of aliphatic hydroxyl groups is 1. The predicted molar refractivity (Wildman–Crippen MR) is 127 cm³/mol. The Morgan fingerprint density at radius 2 is 1.91 bits per heavy atom. The molecule has 4 aliphatic rings. The van der Waals surface area contributed by atoms with Crippen molar-refractivity contribution in [1.82, 2.24) is 0 Å². The van der Waals surface area contributed by atoms with Crippen molar-refractivity contribution in [3.8, 4) is 0 Å². The van der Waals surface area contributed by atoms with Crippen molar-refractivity contribution in [3.05, 3.63) is 23.8 Å². The van der Waals surface area contributed by atoms with Crippen LogP contribution in [0.25, 0.3) is 0 Å². The smallest absolute Gasteiger partial charge is 0.303 e. The van der Waals surface area contributed by atoms with Gasteiger partial charge in [0.15, 0.2) is 5.78 Å².